The zero-order valence-electron chi connectivity index (χ0n) is 18.3. The number of benzene rings is 2. The number of rotatable bonds is 9. The Bertz CT molecular complexity index is 1090. The summed E-state index contributed by atoms with van der Waals surface area (Å²) in [7, 11) is -0.833. The van der Waals surface area contributed by atoms with E-state index in [4.69, 9.17) is 25.8 Å². The minimum atomic E-state index is -3.64. The summed E-state index contributed by atoms with van der Waals surface area (Å²) >= 11 is 6.10. The summed E-state index contributed by atoms with van der Waals surface area (Å²) in [6, 6.07) is 8.09. The molecular formula is C21H25ClN2O7S. The zero-order chi connectivity index (χ0) is 24.1. The van der Waals surface area contributed by atoms with Crippen LogP contribution in [-0.2, 0) is 19.6 Å². The Labute approximate surface area is 192 Å². The highest BCUT2D eigenvalue weighted by molar-refractivity contribution is 7.89. The van der Waals surface area contributed by atoms with E-state index < -0.39 is 28.0 Å². The minimum absolute atomic E-state index is 0.0639. The van der Waals surface area contributed by atoms with Crippen molar-refractivity contribution in [3.63, 3.8) is 0 Å². The van der Waals surface area contributed by atoms with Gasteiger partial charge in [-0.25, -0.2) is 17.9 Å². The largest absolute Gasteiger partial charge is 0.493 e. The number of anilines is 1. The molecule has 2 N–H and O–H groups in total. The Hall–Kier alpha value is -2.82. The van der Waals surface area contributed by atoms with E-state index in [1.165, 1.54) is 57.5 Å². The molecule has 9 nitrogen and oxygen atoms in total. The highest BCUT2D eigenvalue weighted by Crippen LogP contribution is 2.36. The fraction of sp³-hybridized carbons (Fsp3) is 0.333. The van der Waals surface area contributed by atoms with Crippen LogP contribution in [0.4, 0.5) is 5.69 Å². The third-order valence-corrected chi connectivity index (χ3v) is 6.10. The predicted molar refractivity (Wildman–Crippen MR) is 120 cm³/mol. The Kier molecular flexibility index (Phi) is 8.48. The third kappa shape index (κ3) is 6.35. The molecule has 0 radical (unpaired) electrons. The summed E-state index contributed by atoms with van der Waals surface area (Å²) < 4.78 is 42.3. The van der Waals surface area contributed by atoms with Crippen LogP contribution in [0.15, 0.2) is 41.3 Å². The van der Waals surface area contributed by atoms with Crippen LogP contribution in [-0.4, -0.2) is 46.7 Å². The van der Waals surface area contributed by atoms with Crippen molar-refractivity contribution in [1.29, 1.82) is 0 Å². The van der Waals surface area contributed by atoms with Crippen molar-refractivity contribution in [3.8, 4) is 11.5 Å². The number of methoxy groups -OCH3 is 2. The Balaban J connectivity index is 2.06. The summed E-state index contributed by atoms with van der Waals surface area (Å²) in [6.07, 6.45) is -1.14. The van der Waals surface area contributed by atoms with Crippen LogP contribution in [0, 0.1) is 0 Å². The van der Waals surface area contributed by atoms with E-state index in [-0.39, 0.29) is 33.0 Å². The van der Waals surface area contributed by atoms with Gasteiger partial charge in [0.2, 0.25) is 10.0 Å². The lowest BCUT2D eigenvalue weighted by Crippen LogP contribution is -2.30. The molecule has 0 saturated carbocycles. The number of nitrogens with one attached hydrogen (secondary N) is 2. The fourth-order valence-corrected chi connectivity index (χ4v) is 4.20. The average molecular weight is 485 g/mol. The van der Waals surface area contributed by atoms with E-state index >= 15 is 0 Å². The Morgan fingerprint density at radius 3 is 2.16 bits per heavy atom. The van der Waals surface area contributed by atoms with Gasteiger partial charge in [0, 0.05) is 11.7 Å². The fourth-order valence-electron chi connectivity index (χ4n) is 2.66. The first-order chi connectivity index (χ1) is 15.0. The lowest BCUT2D eigenvalue weighted by molar-refractivity contribution is -0.123. The van der Waals surface area contributed by atoms with Gasteiger partial charge in [-0.2, -0.15) is 0 Å². The highest BCUT2D eigenvalue weighted by atomic mass is 35.5. The molecule has 0 aromatic heterocycles. The lowest BCUT2D eigenvalue weighted by Gasteiger charge is -2.15. The van der Waals surface area contributed by atoms with Gasteiger partial charge in [0.25, 0.3) is 5.91 Å². The topological polar surface area (TPSA) is 120 Å². The van der Waals surface area contributed by atoms with E-state index in [1.54, 1.807) is 13.8 Å². The van der Waals surface area contributed by atoms with E-state index in [0.29, 0.717) is 5.69 Å². The number of carbonyl (C=O) groups excluding carboxylic acids is 2. The SMILES string of the molecule is COc1cc(C(=O)O[C@H](C)C(=O)Nc2ccc(S(=O)(=O)NC(C)C)cc2)cc(Cl)c1OC. The van der Waals surface area contributed by atoms with Gasteiger partial charge in [0.1, 0.15) is 0 Å². The Morgan fingerprint density at radius 2 is 1.62 bits per heavy atom. The molecule has 0 fully saturated rings. The number of hydrogen-bond donors (Lipinski definition) is 2. The van der Waals surface area contributed by atoms with Crippen LogP contribution in [0.3, 0.4) is 0 Å². The summed E-state index contributed by atoms with van der Waals surface area (Å²) in [4.78, 5) is 24.9. The normalized spacial score (nSPS) is 12.2. The molecular weight excluding hydrogens is 460 g/mol. The molecule has 32 heavy (non-hydrogen) atoms. The number of sulfonamides is 1. The van der Waals surface area contributed by atoms with Crippen molar-refractivity contribution in [3.05, 3.63) is 47.0 Å². The van der Waals surface area contributed by atoms with Crippen LogP contribution >= 0.6 is 11.6 Å². The quantitative estimate of drug-likeness (QED) is 0.524. The molecule has 0 aliphatic carbocycles. The summed E-state index contributed by atoms with van der Waals surface area (Å²) in [5.74, 6) is -0.867. The van der Waals surface area contributed by atoms with E-state index in [0.717, 1.165) is 0 Å². The first-order valence-corrected chi connectivity index (χ1v) is 11.4. The van der Waals surface area contributed by atoms with Gasteiger partial charge in [-0.05, 0) is 57.2 Å². The molecule has 0 unspecified atom stereocenters. The minimum Gasteiger partial charge on any atom is -0.493 e. The molecule has 0 saturated heterocycles. The van der Waals surface area contributed by atoms with Gasteiger partial charge in [-0.3, -0.25) is 4.79 Å². The maximum absolute atomic E-state index is 12.4. The van der Waals surface area contributed by atoms with Gasteiger partial charge >= 0.3 is 5.97 Å². The first kappa shape index (κ1) is 25.4. The second-order valence-corrected chi connectivity index (χ2v) is 9.15. The predicted octanol–water partition coefficient (Wildman–Crippen LogP) is 3.23. The molecule has 0 aliphatic rings. The summed E-state index contributed by atoms with van der Waals surface area (Å²) in [5, 5.41) is 2.72. The molecule has 174 valence electrons. The smallest absolute Gasteiger partial charge is 0.339 e. The number of esters is 1. The van der Waals surface area contributed by atoms with Crippen LogP contribution in [0.25, 0.3) is 0 Å². The number of hydrogen-bond acceptors (Lipinski definition) is 7. The maximum Gasteiger partial charge on any atom is 0.339 e. The van der Waals surface area contributed by atoms with Gasteiger partial charge in [-0.15, -0.1) is 0 Å². The van der Waals surface area contributed by atoms with E-state index in [2.05, 4.69) is 10.0 Å². The second kappa shape index (κ2) is 10.7. The van der Waals surface area contributed by atoms with Gasteiger partial charge in [0.15, 0.2) is 17.6 Å². The molecule has 0 aliphatic heterocycles. The van der Waals surface area contributed by atoms with Crippen molar-refractivity contribution in [2.45, 2.75) is 37.8 Å². The molecule has 2 aromatic carbocycles. The van der Waals surface area contributed by atoms with Crippen molar-refractivity contribution in [1.82, 2.24) is 4.72 Å². The summed E-state index contributed by atoms with van der Waals surface area (Å²) in [5.41, 5.74) is 0.426. The molecule has 11 heteroatoms. The highest BCUT2D eigenvalue weighted by Gasteiger charge is 2.22. The average Bonchev–Trinajstić information content (AvgIpc) is 2.72. The van der Waals surface area contributed by atoms with E-state index in [9.17, 15) is 18.0 Å². The lowest BCUT2D eigenvalue weighted by atomic mass is 10.2. The van der Waals surface area contributed by atoms with Crippen molar-refractivity contribution in [2.24, 2.45) is 0 Å². The van der Waals surface area contributed by atoms with Crippen LogP contribution < -0.4 is 19.5 Å². The van der Waals surface area contributed by atoms with Gasteiger partial charge in [-0.1, -0.05) is 11.6 Å². The molecule has 2 aromatic rings. The number of ether oxygens (including phenoxy) is 3. The van der Waals surface area contributed by atoms with Crippen molar-refractivity contribution < 1.29 is 32.2 Å². The van der Waals surface area contributed by atoms with Crippen molar-refractivity contribution in [2.75, 3.05) is 19.5 Å². The molecule has 0 heterocycles. The first-order valence-electron chi connectivity index (χ1n) is 9.54. The molecule has 1 atom stereocenters. The standard InChI is InChI=1S/C21H25ClN2O7S/c1-12(2)24-32(27,28)16-8-6-15(7-9-16)23-20(25)13(3)31-21(26)14-10-17(22)19(30-5)18(11-14)29-4/h6-13,24H,1-5H3,(H,23,25)/t13-/m1/s1. The molecule has 0 spiro atoms. The number of carbonyl (C=O) groups is 2. The van der Waals surface area contributed by atoms with Crippen molar-refractivity contribution >= 4 is 39.2 Å². The van der Waals surface area contributed by atoms with Crippen LogP contribution in [0.1, 0.15) is 31.1 Å². The zero-order valence-corrected chi connectivity index (χ0v) is 19.8. The monoisotopic (exact) mass is 484 g/mol. The second-order valence-electron chi connectivity index (χ2n) is 7.03. The Morgan fingerprint density at radius 1 is 1.00 bits per heavy atom. The van der Waals surface area contributed by atoms with Crippen LogP contribution in [0.2, 0.25) is 5.02 Å². The molecule has 2 rings (SSSR count). The number of halogens is 1. The van der Waals surface area contributed by atoms with Gasteiger partial charge < -0.3 is 19.5 Å². The van der Waals surface area contributed by atoms with Gasteiger partial charge in [0.05, 0.1) is 29.7 Å². The van der Waals surface area contributed by atoms with Crippen LogP contribution in [0.5, 0.6) is 11.5 Å². The number of amides is 1. The maximum atomic E-state index is 12.4. The molecule has 1 amide bonds. The van der Waals surface area contributed by atoms with E-state index in [1.807, 2.05) is 0 Å². The summed E-state index contributed by atoms with van der Waals surface area (Å²) in [6.45, 7) is 4.83. The molecule has 0 bridgehead atoms. The third-order valence-electron chi connectivity index (χ3n) is 4.15.